The highest BCUT2D eigenvalue weighted by atomic mass is 35.5. The number of fused-ring (bicyclic) bond motifs is 1. The SMILES string of the molecule is COc1ccc(COC(=O)C2=C(CCl)CS[C@H]3CC(=O)N23)cc1. The lowest BCUT2D eigenvalue weighted by Gasteiger charge is -2.44. The number of halogens is 1. The zero-order valence-electron chi connectivity index (χ0n) is 12.6. The maximum atomic E-state index is 12.4. The zero-order chi connectivity index (χ0) is 16.4. The Labute approximate surface area is 143 Å². The Morgan fingerprint density at radius 2 is 2.13 bits per heavy atom. The van der Waals surface area contributed by atoms with Gasteiger partial charge >= 0.3 is 5.97 Å². The first-order valence-corrected chi connectivity index (χ1v) is 8.74. The van der Waals surface area contributed by atoms with Crippen LogP contribution in [0.4, 0.5) is 0 Å². The number of benzene rings is 1. The molecule has 2 heterocycles. The van der Waals surface area contributed by atoms with Crippen molar-refractivity contribution in [2.75, 3.05) is 18.7 Å². The molecule has 0 bridgehead atoms. The van der Waals surface area contributed by atoms with Crippen molar-refractivity contribution in [1.82, 2.24) is 4.90 Å². The fraction of sp³-hybridized carbons (Fsp3) is 0.375. The van der Waals surface area contributed by atoms with Gasteiger partial charge in [-0.2, -0.15) is 0 Å². The van der Waals surface area contributed by atoms with Crippen LogP contribution >= 0.6 is 23.4 Å². The highest BCUT2D eigenvalue weighted by Crippen LogP contribution is 2.40. The summed E-state index contributed by atoms with van der Waals surface area (Å²) in [4.78, 5) is 25.7. The highest BCUT2D eigenvalue weighted by molar-refractivity contribution is 8.00. The van der Waals surface area contributed by atoms with Gasteiger partial charge in [-0.3, -0.25) is 9.69 Å². The smallest absolute Gasteiger partial charge is 0.355 e. The molecule has 2 aliphatic rings. The minimum absolute atomic E-state index is 0.0398. The van der Waals surface area contributed by atoms with Gasteiger partial charge in [0.2, 0.25) is 5.91 Å². The molecule has 5 nitrogen and oxygen atoms in total. The number of hydrogen-bond acceptors (Lipinski definition) is 5. The van der Waals surface area contributed by atoms with Gasteiger partial charge in [0.1, 0.15) is 18.1 Å². The summed E-state index contributed by atoms with van der Waals surface area (Å²) in [6, 6.07) is 7.27. The molecule has 1 saturated heterocycles. The van der Waals surface area contributed by atoms with Crippen LogP contribution in [0.15, 0.2) is 35.5 Å². The Balaban J connectivity index is 1.70. The van der Waals surface area contributed by atoms with Crippen molar-refractivity contribution in [3.8, 4) is 5.75 Å². The molecule has 0 aliphatic carbocycles. The number of carbonyl (C=O) groups is 2. The van der Waals surface area contributed by atoms with E-state index in [9.17, 15) is 9.59 Å². The molecule has 0 aromatic heterocycles. The third-order valence-corrected chi connectivity index (χ3v) is 5.42. The fourth-order valence-electron chi connectivity index (χ4n) is 2.51. The van der Waals surface area contributed by atoms with E-state index in [0.29, 0.717) is 17.9 Å². The van der Waals surface area contributed by atoms with Crippen molar-refractivity contribution in [3.05, 3.63) is 41.1 Å². The number of nitrogens with zero attached hydrogens (tertiary/aromatic N) is 1. The summed E-state index contributed by atoms with van der Waals surface area (Å²) in [6.07, 6.45) is 0.468. The van der Waals surface area contributed by atoms with E-state index >= 15 is 0 Å². The van der Waals surface area contributed by atoms with E-state index in [0.717, 1.165) is 16.9 Å². The molecule has 0 unspecified atom stereocenters. The second kappa shape index (κ2) is 6.84. The molecule has 122 valence electrons. The van der Waals surface area contributed by atoms with Crippen molar-refractivity contribution in [2.45, 2.75) is 18.4 Å². The highest BCUT2D eigenvalue weighted by Gasteiger charge is 2.45. The first kappa shape index (κ1) is 16.2. The van der Waals surface area contributed by atoms with Crippen LogP contribution in [-0.4, -0.2) is 40.9 Å². The number of esters is 1. The lowest BCUT2D eigenvalue weighted by molar-refractivity contribution is -0.150. The lowest BCUT2D eigenvalue weighted by atomic mass is 10.1. The number of thioether (sulfide) groups is 1. The van der Waals surface area contributed by atoms with E-state index in [2.05, 4.69) is 0 Å². The molecule has 0 saturated carbocycles. The molecule has 1 fully saturated rings. The number of alkyl halides is 1. The molecular weight excluding hydrogens is 338 g/mol. The lowest BCUT2D eigenvalue weighted by Crippen LogP contribution is -2.54. The van der Waals surface area contributed by atoms with Crippen LogP contribution in [0.2, 0.25) is 0 Å². The van der Waals surface area contributed by atoms with E-state index in [1.807, 2.05) is 12.1 Å². The third-order valence-electron chi connectivity index (χ3n) is 3.82. The summed E-state index contributed by atoms with van der Waals surface area (Å²) in [5.41, 5.74) is 1.93. The molecule has 1 amide bonds. The predicted molar refractivity (Wildman–Crippen MR) is 88.2 cm³/mol. The molecule has 1 atom stereocenters. The number of rotatable bonds is 5. The van der Waals surface area contributed by atoms with Gasteiger partial charge < -0.3 is 9.47 Å². The Bertz CT molecular complexity index is 659. The molecule has 0 N–H and O–H groups in total. The van der Waals surface area contributed by atoms with Gasteiger partial charge in [0.15, 0.2) is 0 Å². The summed E-state index contributed by atoms with van der Waals surface area (Å²) in [5.74, 6) is 1.07. The number of carbonyl (C=O) groups excluding carboxylic acids is 2. The average molecular weight is 354 g/mol. The summed E-state index contributed by atoms with van der Waals surface area (Å²) < 4.78 is 10.5. The summed E-state index contributed by atoms with van der Waals surface area (Å²) in [5, 5.41) is 0.0398. The van der Waals surface area contributed by atoms with Crippen molar-refractivity contribution in [3.63, 3.8) is 0 Å². The standard InChI is InChI=1S/C16H16ClNO4S/c1-21-12-4-2-10(3-5-12)8-22-16(20)15-11(7-17)9-23-14-6-13(19)18(14)15/h2-5,14H,6-9H2,1H3/t14-/m0/s1. The van der Waals surface area contributed by atoms with E-state index in [1.165, 1.54) is 4.90 Å². The maximum absolute atomic E-state index is 12.4. The van der Waals surface area contributed by atoms with Crippen molar-refractivity contribution >= 4 is 35.2 Å². The third kappa shape index (κ3) is 3.19. The number of ether oxygens (including phenoxy) is 2. The quantitative estimate of drug-likeness (QED) is 0.462. The van der Waals surface area contributed by atoms with Crippen LogP contribution in [-0.2, 0) is 20.9 Å². The molecule has 0 radical (unpaired) electrons. The van der Waals surface area contributed by atoms with E-state index in [4.69, 9.17) is 21.1 Å². The molecule has 1 aromatic carbocycles. The van der Waals surface area contributed by atoms with Crippen LogP contribution in [0.25, 0.3) is 0 Å². The monoisotopic (exact) mass is 353 g/mol. The van der Waals surface area contributed by atoms with Crippen LogP contribution < -0.4 is 4.74 Å². The minimum Gasteiger partial charge on any atom is -0.497 e. The van der Waals surface area contributed by atoms with Gasteiger partial charge in [0.25, 0.3) is 0 Å². The van der Waals surface area contributed by atoms with Gasteiger partial charge in [-0.05, 0) is 23.3 Å². The number of amides is 1. The molecule has 3 rings (SSSR count). The molecule has 0 spiro atoms. The molecular formula is C16H16ClNO4S. The normalized spacial score (nSPS) is 20.0. The number of β-lactam (4-membered cyclic amide) rings is 1. The Hall–Kier alpha value is -1.66. The topological polar surface area (TPSA) is 55.8 Å². The van der Waals surface area contributed by atoms with Gasteiger partial charge in [-0.1, -0.05) is 12.1 Å². The van der Waals surface area contributed by atoms with Crippen molar-refractivity contribution < 1.29 is 19.1 Å². The Morgan fingerprint density at radius 1 is 1.39 bits per heavy atom. The Morgan fingerprint density at radius 3 is 2.74 bits per heavy atom. The summed E-state index contributed by atoms with van der Waals surface area (Å²) >= 11 is 7.55. The predicted octanol–water partition coefficient (Wildman–Crippen LogP) is 2.54. The van der Waals surface area contributed by atoms with E-state index < -0.39 is 5.97 Å². The maximum Gasteiger partial charge on any atom is 0.355 e. The van der Waals surface area contributed by atoms with E-state index in [1.54, 1.807) is 31.0 Å². The van der Waals surface area contributed by atoms with Crippen LogP contribution in [0.1, 0.15) is 12.0 Å². The second-order valence-electron chi connectivity index (χ2n) is 5.24. The molecule has 2 aliphatic heterocycles. The molecule has 23 heavy (non-hydrogen) atoms. The first-order chi connectivity index (χ1) is 11.1. The zero-order valence-corrected chi connectivity index (χ0v) is 14.2. The van der Waals surface area contributed by atoms with Crippen LogP contribution in [0, 0.1) is 0 Å². The van der Waals surface area contributed by atoms with Gasteiger partial charge in [0, 0.05) is 11.6 Å². The largest absolute Gasteiger partial charge is 0.497 e. The number of hydrogen-bond donors (Lipinski definition) is 0. The number of methoxy groups -OCH3 is 1. The minimum atomic E-state index is -0.491. The van der Waals surface area contributed by atoms with Crippen LogP contribution in [0.3, 0.4) is 0 Å². The summed E-state index contributed by atoms with van der Waals surface area (Å²) in [7, 11) is 1.59. The van der Waals surface area contributed by atoms with E-state index in [-0.39, 0.29) is 23.8 Å². The fourth-order valence-corrected chi connectivity index (χ4v) is 4.11. The average Bonchev–Trinajstić information content (AvgIpc) is 2.58. The van der Waals surface area contributed by atoms with Gasteiger partial charge in [-0.15, -0.1) is 23.4 Å². The summed E-state index contributed by atoms with van der Waals surface area (Å²) in [6.45, 7) is 0.141. The molecule has 1 aromatic rings. The van der Waals surface area contributed by atoms with Crippen LogP contribution in [0.5, 0.6) is 5.75 Å². The first-order valence-electron chi connectivity index (χ1n) is 7.15. The Kier molecular flexibility index (Phi) is 4.82. The second-order valence-corrected chi connectivity index (χ2v) is 6.68. The molecule has 7 heteroatoms. The van der Waals surface area contributed by atoms with Crippen molar-refractivity contribution in [1.29, 1.82) is 0 Å². The van der Waals surface area contributed by atoms with Gasteiger partial charge in [0.05, 0.1) is 18.9 Å². The van der Waals surface area contributed by atoms with Crippen molar-refractivity contribution in [2.24, 2.45) is 0 Å². The van der Waals surface area contributed by atoms with Gasteiger partial charge in [-0.25, -0.2) is 4.79 Å².